The molecule has 0 unspecified atom stereocenters. The van der Waals surface area contributed by atoms with Crippen molar-refractivity contribution in [2.24, 2.45) is 5.41 Å². The molecule has 1 aromatic carbocycles. The summed E-state index contributed by atoms with van der Waals surface area (Å²) in [4.78, 5) is 21.4. The fourth-order valence-electron chi connectivity index (χ4n) is 3.09. The first-order chi connectivity index (χ1) is 14.8. The summed E-state index contributed by atoms with van der Waals surface area (Å²) >= 11 is 0. The third kappa shape index (κ3) is 4.89. The molecule has 1 aliphatic rings. The molecule has 8 nitrogen and oxygen atoms in total. The van der Waals surface area contributed by atoms with E-state index in [0.717, 1.165) is 22.5 Å². The summed E-state index contributed by atoms with van der Waals surface area (Å²) in [5.41, 5.74) is 3.41. The van der Waals surface area contributed by atoms with Crippen LogP contribution in [0.1, 0.15) is 48.7 Å². The Morgan fingerprint density at radius 2 is 2.00 bits per heavy atom. The molecular formula is C23H25N7O. The van der Waals surface area contributed by atoms with E-state index in [4.69, 9.17) is 5.26 Å². The van der Waals surface area contributed by atoms with Gasteiger partial charge in [0.05, 0.1) is 35.1 Å². The fraction of sp³-hybridized carbons (Fsp3) is 0.348. The summed E-state index contributed by atoms with van der Waals surface area (Å²) < 4.78 is 1.97. The highest BCUT2D eigenvalue weighted by Gasteiger charge is 2.24. The quantitative estimate of drug-likeness (QED) is 0.604. The molecule has 1 fully saturated rings. The minimum atomic E-state index is -0.605. The largest absolute Gasteiger partial charge is 0.350 e. The summed E-state index contributed by atoms with van der Waals surface area (Å²) in [5, 5.41) is 19.5. The van der Waals surface area contributed by atoms with Crippen LogP contribution >= 0.6 is 0 Å². The standard InChI is InChI=1S/C23H25N7O/c1-15-10-25-22(28-18-11-27-30(12-18)19-8-9-19)29-20(15)16-4-6-17(7-5-16)21(31)26-14-23(2,3)13-24/h4-7,10-12,19H,8-9,14H2,1-3H3,(H,26,31)(H,25,28,29). The van der Waals surface area contributed by atoms with Crippen LogP contribution in [-0.2, 0) is 0 Å². The molecular weight excluding hydrogens is 390 g/mol. The van der Waals surface area contributed by atoms with Gasteiger partial charge in [0.15, 0.2) is 0 Å². The summed E-state index contributed by atoms with van der Waals surface area (Å²) in [6.07, 6.45) is 7.89. The number of aryl methyl sites for hydroxylation is 1. The number of carbonyl (C=O) groups excluding carboxylic acids is 1. The third-order valence-electron chi connectivity index (χ3n) is 5.16. The van der Waals surface area contributed by atoms with Crippen molar-refractivity contribution in [3.8, 4) is 17.3 Å². The number of anilines is 2. The van der Waals surface area contributed by atoms with E-state index in [9.17, 15) is 4.79 Å². The second kappa shape index (κ2) is 8.19. The highest BCUT2D eigenvalue weighted by molar-refractivity contribution is 5.94. The Hall–Kier alpha value is -3.73. The van der Waals surface area contributed by atoms with E-state index in [1.54, 1.807) is 38.4 Å². The molecule has 2 N–H and O–H groups in total. The van der Waals surface area contributed by atoms with Gasteiger partial charge in [0.25, 0.3) is 5.91 Å². The van der Waals surface area contributed by atoms with Crippen molar-refractivity contribution in [2.45, 2.75) is 39.7 Å². The first kappa shape index (κ1) is 20.5. The van der Waals surface area contributed by atoms with Gasteiger partial charge in [-0.25, -0.2) is 9.97 Å². The molecule has 3 aromatic rings. The Morgan fingerprint density at radius 1 is 1.26 bits per heavy atom. The number of benzene rings is 1. The molecule has 158 valence electrons. The van der Waals surface area contributed by atoms with Crippen molar-refractivity contribution in [3.05, 3.63) is 54.0 Å². The van der Waals surface area contributed by atoms with Crippen LogP contribution in [0, 0.1) is 23.7 Å². The van der Waals surface area contributed by atoms with E-state index in [1.807, 2.05) is 29.9 Å². The van der Waals surface area contributed by atoms with Gasteiger partial charge in [0, 0.05) is 30.1 Å². The van der Waals surface area contributed by atoms with Gasteiger partial charge in [-0.1, -0.05) is 12.1 Å². The number of nitriles is 1. The summed E-state index contributed by atoms with van der Waals surface area (Å²) in [6, 6.07) is 9.96. The maximum absolute atomic E-state index is 12.4. The fourth-order valence-corrected chi connectivity index (χ4v) is 3.09. The van der Waals surface area contributed by atoms with Crippen LogP contribution in [0.2, 0.25) is 0 Å². The number of amides is 1. The van der Waals surface area contributed by atoms with E-state index in [0.29, 0.717) is 24.1 Å². The van der Waals surface area contributed by atoms with Crippen molar-refractivity contribution < 1.29 is 4.79 Å². The lowest BCUT2D eigenvalue weighted by Crippen LogP contribution is -2.33. The van der Waals surface area contributed by atoms with Crippen molar-refractivity contribution in [1.82, 2.24) is 25.1 Å². The number of nitrogens with zero attached hydrogens (tertiary/aromatic N) is 5. The molecule has 0 atom stereocenters. The zero-order valence-corrected chi connectivity index (χ0v) is 17.9. The first-order valence-electron chi connectivity index (χ1n) is 10.3. The monoisotopic (exact) mass is 415 g/mol. The zero-order chi connectivity index (χ0) is 22.0. The molecule has 31 heavy (non-hydrogen) atoms. The van der Waals surface area contributed by atoms with Gasteiger partial charge in [-0.2, -0.15) is 10.4 Å². The van der Waals surface area contributed by atoms with Gasteiger partial charge in [-0.3, -0.25) is 9.48 Å². The van der Waals surface area contributed by atoms with Crippen molar-refractivity contribution in [3.63, 3.8) is 0 Å². The Kier molecular flexibility index (Phi) is 5.42. The number of nitrogens with one attached hydrogen (secondary N) is 2. The first-order valence-corrected chi connectivity index (χ1v) is 10.3. The van der Waals surface area contributed by atoms with Crippen LogP contribution in [0.4, 0.5) is 11.6 Å². The maximum atomic E-state index is 12.4. The topological polar surface area (TPSA) is 109 Å². The number of carbonyl (C=O) groups is 1. The second-order valence-electron chi connectivity index (χ2n) is 8.55. The predicted molar refractivity (Wildman–Crippen MR) is 118 cm³/mol. The van der Waals surface area contributed by atoms with Crippen LogP contribution in [0.5, 0.6) is 0 Å². The average Bonchev–Trinajstić information content (AvgIpc) is 3.52. The van der Waals surface area contributed by atoms with Crippen LogP contribution < -0.4 is 10.6 Å². The minimum Gasteiger partial charge on any atom is -0.350 e. The number of hydrogen-bond donors (Lipinski definition) is 2. The third-order valence-corrected chi connectivity index (χ3v) is 5.16. The van der Waals surface area contributed by atoms with Crippen molar-refractivity contribution in [2.75, 3.05) is 11.9 Å². The van der Waals surface area contributed by atoms with Gasteiger partial charge in [-0.15, -0.1) is 0 Å². The SMILES string of the molecule is Cc1cnc(Nc2cnn(C3CC3)c2)nc1-c1ccc(C(=O)NCC(C)(C)C#N)cc1. The molecule has 8 heteroatoms. The zero-order valence-electron chi connectivity index (χ0n) is 17.9. The summed E-state index contributed by atoms with van der Waals surface area (Å²) in [6.45, 7) is 5.82. The number of rotatable bonds is 7. The van der Waals surface area contributed by atoms with Crippen molar-refractivity contribution >= 4 is 17.5 Å². The second-order valence-corrected chi connectivity index (χ2v) is 8.55. The molecule has 0 radical (unpaired) electrons. The lowest BCUT2D eigenvalue weighted by molar-refractivity contribution is 0.0943. The summed E-state index contributed by atoms with van der Waals surface area (Å²) in [7, 11) is 0. The van der Waals surface area contributed by atoms with E-state index < -0.39 is 5.41 Å². The van der Waals surface area contributed by atoms with E-state index in [-0.39, 0.29) is 5.91 Å². The molecule has 0 aliphatic heterocycles. The van der Waals surface area contributed by atoms with Gasteiger partial charge in [0.1, 0.15) is 0 Å². The molecule has 0 spiro atoms. The van der Waals surface area contributed by atoms with Gasteiger partial charge < -0.3 is 10.6 Å². The summed E-state index contributed by atoms with van der Waals surface area (Å²) in [5.74, 6) is 0.292. The smallest absolute Gasteiger partial charge is 0.251 e. The minimum absolute atomic E-state index is 0.204. The van der Waals surface area contributed by atoms with Gasteiger partial charge in [0.2, 0.25) is 5.95 Å². The van der Waals surface area contributed by atoms with E-state index in [1.165, 1.54) is 12.8 Å². The highest BCUT2D eigenvalue weighted by Crippen LogP contribution is 2.34. The highest BCUT2D eigenvalue weighted by atomic mass is 16.1. The molecule has 2 heterocycles. The van der Waals surface area contributed by atoms with Gasteiger partial charge in [-0.05, 0) is 51.3 Å². The van der Waals surface area contributed by atoms with Crippen LogP contribution in [-0.4, -0.2) is 32.2 Å². The van der Waals surface area contributed by atoms with Gasteiger partial charge >= 0.3 is 0 Å². The van der Waals surface area contributed by atoms with E-state index >= 15 is 0 Å². The van der Waals surface area contributed by atoms with E-state index in [2.05, 4.69) is 31.8 Å². The predicted octanol–water partition coefficient (Wildman–Crippen LogP) is 4.01. The molecule has 4 rings (SSSR count). The average molecular weight is 416 g/mol. The lowest BCUT2D eigenvalue weighted by Gasteiger charge is -2.16. The normalized spacial score (nSPS) is 13.5. The lowest BCUT2D eigenvalue weighted by atomic mass is 9.96. The Morgan fingerprint density at radius 3 is 2.68 bits per heavy atom. The van der Waals surface area contributed by atoms with Crippen LogP contribution in [0.3, 0.4) is 0 Å². The Labute approximate surface area is 181 Å². The molecule has 0 bridgehead atoms. The van der Waals surface area contributed by atoms with Crippen molar-refractivity contribution in [1.29, 1.82) is 5.26 Å². The number of hydrogen-bond acceptors (Lipinski definition) is 6. The Balaban J connectivity index is 1.47. The van der Waals surface area contributed by atoms with Crippen LogP contribution in [0.15, 0.2) is 42.9 Å². The molecule has 2 aromatic heterocycles. The molecule has 1 saturated carbocycles. The molecule has 1 aliphatic carbocycles. The Bertz CT molecular complexity index is 1140. The van der Waals surface area contributed by atoms with Crippen LogP contribution in [0.25, 0.3) is 11.3 Å². The maximum Gasteiger partial charge on any atom is 0.251 e. The molecule has 1 amide bonds. The number of aromatic nitrogens is 4. The molecule has 0 saturated heterocycles.